The van der Waals surface area contributed by atoms with E-state index in [2.05, 4.69) is 28.7 Å². The number of benzene rings is 3. The maximum atomic E-state index is 12.3. The summed E-state index contributed by atoms with van der Waals surface area (Å²) in [7, 11) is 0. The van der Waals surface area contributed by atoms with Gasteiger partial charge in [0.05, 0.1) is 5.71 Å². The van der Waals surface area contributed by atoms with Crippen LogP contribution in [0.25, 0.3) is 10.8 Å². The fraction of sp³-hybridized carbons (Fsp3) is 0.143. The predicted octanol–water partition coefficient (Wildman–Crippen LogP) is 3.52. The molecule has 1 N–H and O–H groups in total. The molecule has 1 atom stereocenters. The lowest BCUT2D eigenvalue weighted by atomic mass is 10.0. The molecule has 1 unspecified atom stereocenters. The Labute approximate surface area is 151 Å². The monoisotopic (exact) mass is 346 g/mol. The summed E-state index contributed by atoms with van der Waals surface area (Å²) in [6.45, 7) is 2.02. The second-order valence-corrected chi connectivity index (χ2v) is 6.10. The molecule has 0 fully saturated rings. The molecule has 0 aromatic heterocycles. The van der Waals surface area contributed by atoms with Gasteiger partial charge in [0.1, 0.15) is 6.61 Å². The summed E-state index contributed by atoms with van der Waals surface area (Å²) >= 11 is 0. The number of fused-ring (bicyclic) bond motifs is 2. The van der Waals surface area contributed by atoms with Crippen molar-refractivity contribution >= 4 is 22.4 Å². The van der Waals surface area contributed by atoms with Crippen LogP contribution in [0.4, 0.5) is 0 Å². The van der Waals surface area contributed by atoms with E-state index in [1.54, 1.807) is 6.07 Å². The first-order valence-electron chi connectivity index (χ1n) is 8.42. The van der Waals surface area contributed by atoms with E-state index in [1.807, 2.05) is 49.4 Å². The number of nitrogens with zero attached hydrogens (tertiary/aromatic N) is 1. The molecule has 0 radical (unpaired) electrons. The van der Waals surface area contributed by atoms with Crippen LogP contribution in [0, 0.1) is 0 Å². The van der Waals surface area contributed by atoms with Crippen LogP contribution in [-0.2, 0) is 4.79 Å². The van der Waals surface area contributed by atoms with Crippen molar-refractivity contribution in [3.8, 4) is 11.5 Å². The van der Waals surface area contributed by atoms with E-state index in [4.69, 9.17) is 9.47 Å². The van der Waals surface area contributed by atoms with E-state index in [-0.39, 0.29) is 12.5 Å². The minimum absolute atomic E-state index is 0.160. The molecule has 0 bridgehead atoms. The van der Waals surface area contributed by atoms with Gasteiger partial charge in [-0.15, -0.1) is 0 Å². The fourth-order valence-electron chi connectivity index (χ4n) is 2.84. The van der Waals surface area contributed by atoms with E-state index < -0.39 is 6.10 Å². The average molecular weight is 346 g/mol. The molecule has 0 saturated carbocycles. The molecule has 26 heavy (non-hydrogen) atoms. The molecule has 1 heterocycles. The third-order valence-corrected chi connectivity index (χ3v) is 4.30. The maximum Gasteiger partial charge on any atom is 0.284 e. The number of hydrazone groups is 1. The predicted molar refractivity (Wildman–Crippen MR) is 101 cm³/mol. The lowest BCUT2D eigenvalue weighted by Crippen LogP contribution is -2.42. The van der Waals surface area contributed by atoms with Crippen molar-refractivity contribution in [2.45, 2.75) is 13.0 Å². The largest absolute Gasteiger partial charge is 0.485 e. The number of para-hydroxylation sites is 2. The zero-order valence-corrected chi connectivity index (χ0v) is 14.3. The summed E-state index contributed by atoms with van der Waals surface area (Å²) in [6, 6.07) is 21.5. The van der Waals surface area contributed by atoms with E-state index in [0.717, 1.165) is 16.7 Å². The highest BCUT2D eigenvalue weighted by Crippen LogP contribution is 2.30. The minimum Gasteiger partial charge on any atom is -0.485 e. The Kier molecular flexibility index (Phi) is 4.27. The van der Waals surface area contributed by atoms with E-state index in [1.165, 1.54) is 5.39 Å². The second kappa shape index (κ2) is 6.88. The molecular formula is C21H18N2O3. The van der Waals surface area contributed by atoms with Gasteiger partial charge in [-0.1, -0.05) is 48.5 Å². The Hall–Kier alpha value is -3.34. The van der Waals surface area contributed by atoms with E-state index >= 15 is 0 Å². The van der Waals surface area contributed by atoms with E-state index in [9.17, 15) is 4.79 Å². The quantitative estimate of drug-likeness (QED) is 0.583. The summed E-state index contributed by atoms with van der Waals surface area (Å²) in [4.78, 5) is 12.3. The number of carbonyl (C=O) groups excluding carboxylic acids is 1. The molecule has 5 heteroatoms. The third-order valence-electron chi connectivity index (χ3n) is 4.30. The number of carbonyl (C=O) groups is 1. The maximum absolute atomic E-state index is 12.3. The first-order chi connectivity index (χ1) is 12.7. The van der Waals surface area contributed by atoms with Crippen LogP contribution in [-0.4, -0.2) is 24.3 Å². The zero-order valence-electron chi connectivity index (χ0n) is 14.3. The Morgan fingerprint density at radius 3 is 2.58 bits per heavy atom. The normalized spacial score (nSPS) is 16.3. The third kappa shape index (κ3) is 3.24. The van der Waals surface area contributed by atoms with Gasteiger partial charge >= 0.3 is 0 Å². The molecule has 4 rings (SSSR count). The molecule has 3 aromatic rings. The Bertz CT molecular complexity index is 997. The summed E-state index contributed by atoms with van der Waals surface area (Å²) < 4.78 is 11.2. The molecule has 1 aliphatic rings. The topological polar surface area (TPSA) is 59.9 Å². The zero-order chi connectivity index (χ0) is 17.9. The van der Waals surface area contributed by atoms with Crippen molar-refractivity contribution in [1.82, 2.24) is 5.43 Å². The highest BCUT2D eigenvalue weighted by Gasteiger charge is 2.27. The van der Waals surface area contributed by atoms with Crippen LogP contribution in [0.15, 0.2) is 71.8 Å². The molecular weight excluding hydrogens is 328 g/mol. The number of ether oxygens (including phenoxy) is 2. The molecule has 0 aliphatic carbocycles. The summed E-state index contributed by atoms with van der Waals surface area (Å²) in [5.74, 6) is 0.876. The number of hydrogen-bond acceptors (Lipinski definition) is 4. The second-order valence-electron chi connectivity index (χ2n) is 6.10. The van der Waals surface area contributed by atoms with Crippen LogP contribution in [0.5, 0.6) is 11.5 Å². The number of nitrogens with one attached hydrogen (secondary N) is 1. The van der Waals surface area contributed by atoms with Gasteiger partial charge in [0.15, 0.2) is 11.5 Å². The summed E-state index contributed by atoms with van der Waals surface area (Å²) in [6.07, 6.45) is -0.724. The smallest absolute Gasteiger partial charge is 0.284 e. The molecule has 1 amide bonds. The minimum atomic E-state index is -0.724. The lowest BCUT2D eigenvalue weighted by molar-refractivity contribution is -0.130. The highest BCUT2D eigenvalue weighted by molar-refractivity contribution is 6.02. The van der Waals surface area contributed by atoms with Gasteiger partial charge in [0.25, 0.3) is 5.91 Å². The van der Waals surface area contributed by atoms with Crippen molar-refractivity contribution < 1.29 is 14.3 Å². The number of hydrogen-bond donors (Lipinski definition) is 1. The fourth-order valence-corrected chi connectivity index (χ4v) is 2.84. The lowest BCUT2D eigenvalue weighted by Gasteiger charge is -2.24. The number of amides is 1. The van der Waals surface area contributed by atoms with Crippen LogP contribution >= 0.6 is 0 Å². The van der Waals surface area contributed by atoms with Gasteiger partial charge in [-0.3, -0.25) is 4.79 Å². The van der Waals surface area contributed by atoms with Gasteiger partial charge in [-0.05, 0) is 41.5 Å². The van der Waals surface area contributed by atoms with Crippen LogP contribution in [0.2, 0.25) is 0 Å². The van der Waals surface area contributed by atoms with Crippen molar-refractivity contribution in [2.75, 3.05) is 6.61 Å². The first kappa shape index (κ1) is 16.1. The van der Waals surface area contributed by atoms with Crippen LogP contribution < -0.4 is 14.9 Å². The Morgan fingerprint density at radius 2 is 1.73 bits per heavy atom. The standard InChI is InChI=1S/C21H18N2O3/c1-14(16-11-10-15-6-2-3-7-17(15)12-16)22-23-21(24)20-13-25-18-8-4-5-9-19(18)26-20/h2-12,20H,13H2,1H3,(H,23,24). The number of rotatable bonds is 3. The van der Waals surface area contributed by atoms with Crippen molar-refractivity contribution in [1.29, 1.82) is 0 Å². The van der Waals surface area contributed by atoms with Gasteiger partial charge < -0.3 is 9.47 Å². The van der Waals surface area contributed by atoms with Crippen molar-refractivity contribution in [2.24, 2.45) is 5.10 Å². The molecule has 5 nitrogen and oxygen atoms in total. The average Bonchev–Trinajstić information content (AvgIpc) is 2.71. The molecule has 0 spiro atoms. The molecule has 0 saturated heterocycles. The van der Waals surface area contributed by atoms with Gasteiger partial charge in [-0.2, -0.15) is 5.10 Å². The van der Waals surface area contributed by atoms with Gasteiger partial charge in [0, 0.05) is 0 Å². The van der Waals surface area contributed by atoms with Crippen LogP contribution in [0.3, 0.4) is 0 Å². The Balaban J connectivity index is 1.45. The van der Waals surface area contributed by atoms with Gasteiger partial charge in [-0.25, -0.2) is 5.43 Å². The highest BCUT2D eigenvalue weighted by atomic mass is 16.6. The summed E-state index contributed by atoms with van der Waals surface area (Å²) in [5, 5.41) is 6.51. The van der Waals surface area contributed by atoms with Crippen molar-refractivity contribution in [3.63, 3.8) is 0 Å². The Morgan fingerprint density at radius 1 is 1.00 bits per heavy atom. The summed E-state index contributed by atoms with van der Waals surface area (Å²) in [5.41, 5.74) is 4.25. The SMILES string of the molecule is CC(=NNC(=O)C1COc2ccccc2O1)c1ccc2ccccc2c1. The molecule has 3 aromatic carbocycles. The van der Waals surface area contributed by atoms with Crippen molar-refractivity contribution in [3.05, 3.63) is 72.3 Å². The van der Waals surface area contributed by atoms with E-state index in [0.29, 0.717) is 11.5 Å². The molecule has 130 valence electrons. The first-order valence-corrected chi connectivity index (χ1v) is 8.42. The van der Waals surface area contributed by atoms with Gasteiger partial charge in [0.2, 0.25) is 6.10 Å². The molecule has 1 aliphatic heterocycles. The van der Waals surface area contributed by atoms with Crippen LogP contribution in [0.1, 0.15) is 12.5 Å².